The molecule has 130 valence electrons. The first kappa shape index (κ1) is 19.6. The topological polar surface area (TPSA) is 64.8 Å². The first-order chi connectivity index (χ1) is 10.7. The van der Waals surface area contributed by atoms with Crippen molar-refractivity contribution < 1.29 is 14.3 Å². The molecule has 1 aromatic carbocycles. The third kappa shape index (κ3) is 5.29. The van der Waals surface area contributed by atoms with E-state index >= 15 is 0 Å². The van der Waals surface area contributed by atoms with Crippen LogP contribution in [0.15, 0.2) is 24.3 Å². The summed E-state index contributed by atoms with van der Waals surface area (Å²) in [6, 6.07) is 7.44. The fourth-order valence-corrected chi connectivity index (χ4v) is 3.01. The molecule has 2 N–H and O–H groups in total. The number of carbonyl (C=O) groups is 1. The average molecular weight is 343 g/mol. The molecule has 2 atom stereocenters. The van der Waals surface area contributed by atoms with Crippen molar-refractivity contribution in [2.24, 2.45) is 17.6 Å². The molecule has 1 aliphatic carbocycles. The number of halogens is 1. The second-order valence-electron chi connectivity index (χ2n) is 5.82. The molecule has 1 fully saturated rings. The third-order valence-electron chi connectivity index (χ3n) is 4.41. The minimum atomic E-state index is 0. The van der Waals surface area contributed by atoms with Gasteiger partial charge in [-0.25, -0.2) is 0 Å². The summed E-state index contributed by atoms with van der Waals surface area (Å²) in [4.78, 5) is 14.2. The van der Waals surface area contributed by atoms with Gasteiger partial charge in [0.25, 0.3) is 0 Å². The number of nitrogens with zero attached hydrogens (tertiary/aromatic N) is 1. The van der Waals surface area contributed by atoms with Gasteiger partial charge in [0, 0.05) is 13.0 Å². The fraction of sp³-hybridized carbons (Fsp3) is 0.588. The van der Waals surface area contributed by atoms with Gasteiger partial charge in [-0.15, -0.1) is 12.4 Å². The Morgan fingerprint density at radius 1 is 1.26 bits per heavy atom. The molecule has 6 heteroatoms. The lowest BCUT2D eigenvalue weighted by Crippen LogP contribution is -2.38. The number of amides is 1. The Labute approximate surface area is 144 Å². The van der Waals surface area contributed by atoms with Crippen molar-refractivity contribution in [3.05, 3.63) is 24.3 Å². The maximum Gasteiger partial charge on any atom is 0.225 e. The molecule has 0 bridgehead atoms. The summed E-state index contributed by atoms with van der Waals surface area (Å²) < 4.78 is 10.8. The number of carbonyl (C=O) groups excluding carboxylic acids is 1. The molecule has 0 radical (unpaired) electrons. The normalized spacial score (nSPS) is 19.8. The molecule has 0 aromatic heterocycles. The number of hydrogen-bond donors (Lipinski definition) is 1. The van der Waals surface area contributed by atoms with Crippen LogP contribution in [0.4, 0.5) is 0 Å². The van der Waals surface area contributed by atoms with Crippen LogP contribution in [-0.4, -0.2) is 44.7 Å². The van der Waals surface area contributed by atoms with Crippen LogP contribution < -0.4 is 15.2 Å². The van der Waals surface area contributed by atoms with Crippen molar-refractivity contribution in [1.82, 2.24) is 4.90 Å². The van der Waals surface area contributed by atoms with Gasteiger partial charge in [-0.05, 0) is 49.6 Å². The molecule has 5 nitrogen and oxygen atoms in total. The summed E-state index contributed by atoms with van der Waals surface area (Å²) in [5, 5.41) is 0. The van der Waals surface area contributed by atoms with E-state index in [4.69, 9.17) is 15.2 Å². The molecule has 0 unspecified atom stereocenters. The van der Waals surface area contributed by atoms with Gasteiger partial charge in [-0.3, -0.25) is 4.79 Å². The number of methoxy groups -OCH3 is 1. The second-order valence-corrected chi connectivity index (χ2v) is 5.82. The van der Waals surface area contributed by atoms with Gasteiger partial charge in [0.15, 0.2) is 0 Å². The quantitative estimate of drug-likeness (QED) is 0.826. The summed E-state index contributed by atoms with van der Waals surface area (Å²) in [5.41, 5.74) is 5.76. The Bertz CT molecular complexity index is 481. The second kappa shape index (κ2) is 9.63. The van der Waals surface area contributed by atoms with E-state index in [9.17, 15) is 4.79 Å². The van der Waals surface area contributed by atoms with Crippen molar-refractivity contribution in [2.75, 3.05) is 33.9 Å². The van der Waals surface area contributed by atoms with Crippen molar-refractivity contribution in [3.8, 4) is 11.5 Å². The molecule has 0 spiro atoms. The van der Waals surface area contributed by atoms with Crippen LogP contribution in [0.3, 0.4) is 0 Å². The van der Waals surface area contributed by atoms with E-state index in [1.807, 2.05) is 31.3 Å². The highest BCUT2D eigenvalue weighted by Gasteiger charge is 2.33. The van der Waals surface area contributed by atoms with Crippen molar-refractivity contribution in [2.45, 2.75) is 19.3 Å². The molecular weight excluding hydrogens is 316 g/mol. The number of nitrogens with two attached hydrogens (primary N) is 1. The lowest BCUT2D eigenvalue weighted by molar-refractivity contribution is -0.135. The largest absolute Gasteiger partial charge is 0.497 e. The Morgan fingerprint density at radius 2 is 1.91 bits per heavy atom. The first-order valence-electron chi connectivity index (χ1n) is 7.87. The number of rotatable bonds is 7. The molecule has 1 saturated carbocycles. The summed E-state index contributed by atoms with van der Waals surface area (Å²) >= 11 is 0. The molecule has 0 saturated heterocycles. The van der Waals surface area contributed by atoms with Gasteiger partial charge >= 0.3 is 0 Å². The summed E-state index contributed by atoms with van der Waals surface area (Å²) in [6.45, 7) is 1.67. The van der Waals surface area contributed by atoms with Gasteiger partial charge in [0.2, 0.25) is 5.91 Å². The summed E-state index contributed by atoms with van der Waals surface area (Å²) in [7, 11) is 3.47. The van der Waals surface area contributed by atoms with E-state index in [1.165, 1.54) is 0 Å². The fourth-order valence-electron chi connectivity index (χ4n) is 3.01. The van der Waals surface area contributed by atoms with E-state index in [0.717, 1.165) is 30.8 Å². The van der Waals surface area contributed by atoms with Crippen LogP contribution in [0, 0.1) is 11.8 Å². The highest BCUT2D eigenvalue weighted by molar-refractivity contribution is 5.85. The minimum absolute atomic E-state index is 0. The number of benzene rings is 1. The standard InChI is InChI=1S/C17H26N2O3.ClH/c1-19(17(20)16-5-3-4-13(16)12-18)10-11-22-15-8-6-14(21-2)7-9-15;/h6-9,13,16H,3-5,10-12,18H2,1-2H3;1H/t13-,16-;/m1./s1. The smallest absolute Gasteiger partial charge is 0.225 e. The van der Waals surface area contributed by atoms with Crippen LogP contribution in [-0.2, 0) is 4.79 Å². The monoisotopic (exact) mass is 342 g/mol. The Hall–Kier alpha value is -1.46. The van der Waals surface area contributed by atoms with Gasteiger partial charge in [-0.1, -0.05) is 6.42 Å². The van der Waals surface area contributed by atoms with Crippen LogP contribution in [0.2, 0.25) is 0 Å². The zero-order chi connectivity index (χ0) is 15.9. The van der Waals surface area contributed by atoms with E-state index in [0.29, 0.717) is 25.6 Å². The minimum Gasteiger partial charge on any atom is -0.497 e. The summed E-state index contributed by atoms with van der Waals surface area (Å²) in [5.74, 6) is 2.22. The highest BCUT2D eigenvalue weighted by atomic mass is 35.5. The van der Waals surface area contributed by atoms with E-state index < -0.39 is 0 Å². The van der Waals surface area contributed by atoms with Gasteiger partial charge in [0.05, 0.1) is 13.7 Å². The van der Waals surface area contributed by atoms with Gasteiger partial charge < -0.3 is 20.1 Å². The lowest BCUT2D eigenvalue weighted by atomic mass is 9.95. The van der Waals surface area contributed by atoms with Crippen LogP contribution in [0.25, 0.3) is 0 Å². The van der Waals surface area contributed by atoms with Gasteiger partial charge in [0.1, 0.15) is 18.1 Å². The molecule has 0 aliphatic heterocycles. The maximum absolute atomic E-state index is 12.4. The highest BCUT2D eigenvalue weighted by Crippen LogP contribution is 2.32. The van der Waals surface area contributed by atoms with Crippen LogP contribution in [0.1, 0.15) is 19.3 Å². The Kier molecular flexibility index (Phi) is 8.20. The number of ether oxygens (including phenoxy) is 2. The Balaban J connectivity index is 0.00000264. The summed E-state index contributed by atoms with van der Waals surface area (Å²) in [6.07, 6.45) is 3.14. The number of likely N-dealkylation sites (N-methyl/N-ethyl adjacent to an activating group) is 1. The number of hydrogen-bond acceptors (Lipinski definition) is 4. The first-order valence-corrected chi connectivity index (χ1v) is 7.87. The molecule has 23 heavy (non-hydrogen) atoms. The van der Waals surface area contributed by atoms with E-state index in [-0.39, 0.29) is 24.2 Å². The average Bonchev–Trinajstić information content (AvgIpc) is 3.03. The predicted octanol–water partition coefficient (Wildman–Crippen LogP) is 2.33. The van der Waals surface area contributed by atoms with Crippen LogP contribution >= 0.6 is 12.4 Å². The zero-order valence-corrected chi connectivity index (χ0v) is 14.7. The van der Waals surface area contributed by atoms with Crippen LogP contribution in [0.5, 0.6) is 11.5 Å². The molecular formula is C17H27ClN2O3. The van der Waals surface area contributed by atoms with Crippen molar-refractivity contribution in [3.63, 3.8) is 0 Å². The zero-order valence-electron chi connectivity index (χ0n) is 13.9. The predicted molar refractivity (Wildman–Crippen MR) is 93.3 cm³/mol. The molecule has 1 aromatic rings. The molecule has 1 aliphatic rings. The lowest BCUT2D eigenvalue weighted by Gasteiger charge is -2.24. The van der Waals surface area contributed by atoms with Crippen molar-refractivity contribution >= 4 is 18.3 Å². The maximum atomic E-state index is 12.4. The molecule has 1 amide bonds. The molecule has 2 rings (SSSR count). The van der Waals surface area contributed by atoms with Gasteiger partial charge in [-0.2, -0.15) is 0 Å². The Morgan fingerprint density at radius 3 is 2.52 bits per heavy atom. The SMILES string of the molecule is COc1ccc(OCCN(C)C(=O)[C@@H]2CCC[C@@H]2CN)cc1.Cl. The van der Waals surface area contributed by atoms with Crippen molar-refractivity contribution in [1.29, 1.82) is 0 Å². The van der Waals surface area contributed by atoms with E-state index in [1.54, 1.807) is 12.0 Å². The van der Waals surface area contributed by atoms with E-state index in [2.05, 4.69) is 0 Å². The third-order valence-corrected chi connectivity index (χ3v) is 4.41. The molecule has 0 heterocycles.